The molecule has 17 nitrogen and oxygen atoms in total. The number of amides is 1. The van der Waals surface area contributed by atoms with E-state index in [9.17, 15) is 33.2 Å². The van der Waals surface area contributed by atoms with Crippen molar-refractivity contribution in [3.8, 4) is 0 Å². The summed E-state index contributed by atoms with van der Waals surface area (Å²) in [4.78, 5) is 55.2. The van der Waals surface area contributed by atoms with Gasteiger partial charge in [0.05, 0.1) is 18.8 Å². The topological polar surface area (TPSA) is 265 Å². The van der Waals surface area contributed by atoms with Gasteiger partial charge in [-0.2, -0.15) is 0 Å². The van der Waals surface area contributed by atoms with Crippen molar-refractivity contribution in [1.82, 2.24) is 5.32 Å². The smallest absolute Gasteiger partial charge is 0.280 e. The number of phosphoric ester groups is 1. The van der Waals surface area contributed by atoms with E-state index in [4.69, 9.17) is 19.9 Å². The summed E-state index contributed by atoms with van der Waals surface area (Å²) in [5.41, 5.74) is 8.65. The molecule has 1 aliphatic rings. The number of hydrogen-bond donors (Lipinski definition) is 2. The van der Waals surface area contributed by atoms with Crippen LogP contribution in [0.4, 0.5) is 0 Å². The van der Waals surface area contributed by atoms with Gasteiger partial charge in [0.25, 0.3) is 23.5 Å². The van der Waals surface area contributed by atoms with Crippen molar-refractivity contribution in [1.29, 1.82) is 0 Å². The number of carbonyl (C=O) groups excluding carboxylic acids is 1. The predicted molar refractivity (Wildman–Crippen MR) is 93.2 cm³/mol. The molecule has 1 rings (SSSR count). The van der Waals surface area contributed by atoms with Gasteiger partial charge in [-0.05, 0) is 18.9 Å². The molecule has 7 atom stereocenters. The molecule has 1 saturated heterocycles. The van der Waals surface area contributed by atoms with Crippen molar-refractivity contribution in [3.05, 3.63) is 10.4 Å². The second-order valence-corrected chi connectivity index (χ2v) is 10.4. The molecule has 0 aromatic carbocycles. The van der Waals surface area contributed by atoms with E-state index in [0.717, 1.165) is 0 Å². The summed E-state index contributed by atoms with van der Waals surface area (Å²) in [6, 6.07) is 0. The molecule has 1 amide bonds. The average Bonchev–Trinajstić information content (AvgIpc) is 2.89. The molecule has 180 valence electrons. The molecule has 5 unspecified atom stereocenters. The van der Waals surface area contributed by atoms with Gasteiger partial charge in [-0.3, -0.25) is 18.5 Å². The fourth-order valence-electron chi connectivity index (χ4n) is 2.45. The Hall–Kier alpha value is -0.890. The summed E-state index contributed by atoms with van der Waals surface area (Å²) < 4.78 is 55.4. The molecule has 0 bridgehead atoms. The zero-order chi connectivity index (χ0) is 23.9. The van der Waals surface area contributed by atoms with Crippen molar-refractivity contribution in [2.45, 2.75) is 51.2 Å². The Labute approximate surface area is 176 Å². The Bertz CT molecular complexity index is 815. The lowest BCUT2D eigenvalue weighted by atomic mass is 10.1. The largest absolute Gasteiger partial charge is 0.756 e. The second-order valence-electron chi connectivity index (χ2n) is 6.15. The third-order valence-electron chi connectivity index (χ3n) is 3.46. The van der Waals surface area contributed by atoms with Crippen molar-refractivity contribution < 1.29 is 60.7 Å². The van der Waals surface area contributed by atoms with Crippen molar-refractivity contribution in [2.24, 2.45) is 5.11 Å². The minimum Gasteiger partial charge on any atom is -0.756 e. The zero-order valence-electron chi connectivity index (χ0n) is 16.2. The fraction of sp³-hybridized carbons (Fsp3) is 0.909. The van der Waals surface area contributed by atoms with E-state index in [1.807, 2.05) is 0 Å². The van der Waals surface area contributed by atoms with Gasteiger partial charge in [-0.1, -0.05) is 5.11 Å². The van der Waals surface area contributed by atoms with Gasteiger partial charge in [0, 0.05) is 24.8 Å². The number of ether oxygens (including phenoxy) is 2. The molecule has 20 heteroatoms. The molecule has 0 aromatic rings. The number of azide groups is 1. The van der Waals surface area contributed by atoms with Crippen LogP contribution in [0.15, 0.2) is 5.11 Å². The van der Waals surface area contributed by atoms with Crippen LogP contribution in [-0.4, -0.2) is 48.5 Å². The van der Waals surface area contributed by atoms with Gasteiger partial charge in [0.15, 0.2) is 0 Å². The Morgan fingerprint density at radius 2 is 1.97 bits per heavy atom. The van der Waals surface area contributed by atoms with Crippen LogP contribution >= 0.6 is 23.5 Å². The van der Waals surface area contributed by atoms with E-state index in [2.05, 4.69) is 28.5 Å². The molecular weight excluding hydrogens is 489 g/mol. The lowest BCUT2D eigenvalue weighted by Gasteiger charge is -2.33. The Kier molecular flexibility index (Phi) is 10.7. The molecule has 0 spiro atoms. The van der Waals surface area contributed by atoms with E-state index in [1.54, 1.807) is 6.92 Å². The number of phosphoric acid groups is 3. The van der Waals surface area contributed by atoms with Crippen LogP contribution in [-0.2, 0) is 41.1 Å². The van der Waals surface area contributed by atoms with Gasteiger partial charge in [0.2, 0.25) is 5.91 Å². The van der Waals surface area contributed by atoms with Gasteiger partial charge in [0.1, 0.15) is 12.3 Å². The normalized spacial score (nSPS) is 27.9. The molecule has 31 heavy (non-hydrogen) atoms. The van der Waals surface area contributed by atoms with E-state index < -0.39 is 54.6 Å². The summed E-state index contributed by atoms with van der Waals surface area (Å²) in [5.74, 6) is -0.316. The highest BCUT2D eigenvalue weighted by atomic mass is 31.3. The van der Waals surface area contributed by atoms with Crippen molar-refractivity contribution >= 4 is 29.4 Å². The summed E-state index contributed by atoms with van der Waals surface area (Å²) in [6.45, 7) is 2.23. The molecule has 2 N–H and O–H groups in total. The lowest BCUT2D eigenvalue weighted by molar-refractivity contribution is -0.250. The van der Waals surface area contributed by atoms with Crippen LogP contribution in [0.2, 0.25) is 0 Å². The molecule has 0 saturated carbocycles. The highest BCUT2D eigenvalue weighted by molar-refractivity contribution is 7.65. The first kappa shape index (κ1) is 28.1. The van der Waals surface area contributed by atoms with Crippen molar-refractivity contribution in [3.63, 3.8) is 0 Å². The minimum atomic E-state index is -6.01. The quantitative estimate of drug-likeness (QED) is 0.133. The number of nitrogens with one attached hydrogen (secondary N) is 1. The molecule has 1 aliphatic heterocycles. The highest BCUT2D eigenvalue weighted by Crippen LogP contribution is 2.61. The summed E-state index contributed by atoms with van der Waals surface area (Å²) in [7, 11) is -17.5. The summed E-state index contributed by atoms with van der Waals surface area (Å²) >= 11 is 0. The average molecular weight is 509 g/mol. The van der Waals surface area contributed by atoms with Gasteiger partial charge in [-0.25, -0.2) is 8.62 Å². The van der Waals surface area contributed by atoms with E-state index in [-0.39, 0.29) is 25.3 Å². The molecule has 1 fully saturated rings. The Balaban J connectivity index is 2.71. The standard InChI is InChI=1S/C11H23N4O13P3/c1-7-5-9(26-11(14-15-12)3-4-13-8(2)16)10(25-7)6-24-30(20,21)28-31(22,23)27-29(17,18)19/h7,9-11H,3-6H2,1-2H3,(H,13,16)(H,20,21)(H,22,23)(H2,17,18,19)/p-3/t7-,9?,10+,11?/m0/s1. The van der Waals surface area contributed by atoms with Gasteiger partial charge >= 0.3 is 0 Å². The summed E-state index contributed by atoms with van der Waals surface area (Å²) in [6.07, 6.45) is -3.09. The van der Waals surface area contributed by atoms with Crippen LogP contribution < -0.4 is 20.0 Å². The fourth-order valence-corrected chi connectivity index (χ4v) is 5.34. The maximum atomic E-state index is 11.7. The van der Waals surface area contributed by atoms with Crippen LogP contribution in [0.5, 0.6) is 0 Å². The van der Waals surface area contributed by atoms with Gasteiger partial charge < -0.3 is 38.9 Å². The van der Waals surface area contributed by atoms with Crippen LogP contribution in [0, 0.1) is 0 Å². The third-order valence-corrected chi connectivity index (χ3v) is 7.15. The van der Waals surface area contributed by atoms with E-state index in [1.165, 1.54) is 6.92 Å². The molecule has 1 heterocycles. The second kappa shape index (κ2) is 11.8. The molecular formula is C11H20N4O13P3-3. The first-order valence-corrected chi connectivity index (χ1v) is 12.9. The molecule has 0 aromatic heterocycles. The number of rotatable bonds is 13. The highest BCUT2D eigenvalue weighted by Gasteiger charge is 2.37. The molecule has 0 aliphatic carbocycles. The maximum absolute atomic E-state index is 11.7. The first-order valence-electron chi connectivity index (χ1n) is 8.45. The molecule has 0 radical (unpaired) electrons. The third kappa shape index (κ3) is 12.1. The van der Waals surface area contributed by atoms with Crippen LogP contribution in [0.25, 0.3) is 10.4 Å². The zero-order valence-corrected chi connectivity index (χ0v) is 18.9. The number of carbonyl (C=O) groups is 1. The number of nitrogens with zero attached hydrogens (tertiary/aromatic N) is 3. The predicted octanol–water partition coefficient (Wildman–Crippen LogP) is -0.841. The van der Waals surface area contributed by atoms with Crippen LogP contribution in [0.3, 0.4) is 0 Å². The summed E-state index contributed by atoms with van der Waals surface area (Å²) in [5, 5.41) is 5.91. The SMILES string of the molecule is CC(=O)NCCC(N=[N+]=[N-])OC1C[C@H](C)O[C@@H]1COP(=O)([O-])OP(=O)([O-])OP(=O)([O-])O. The monoisotopic (exact) mass is 509 g/mol. The lowest BCUT2D eigenvalue weighted by Crippen LogP contribution is -2.34. The van der Waals surface area contributed by atoms with E-state index >= 15 is 0 Å². The maximum Gasteiger partial charge on any atom is 0.280 e. The van der Waals surface area contributed by atoms with Crippen LogP contribution in [0.1, 0.15) is 26.7 Å². The van der Waals surface area contributed by atoms with E-state index in [0.29, 0.717) is 0 Å². The number of hydrogen-bond acceptors (Lipinski definition) is 13. The van der Waals surface area contributed by atoms with Gasteiger partial charge in [-0.15, -0.1) is 0 Å². The Morgan fingerprint density at radius 3 is 2.52 bits per heavy atom. The Morgan fingerprint density at radius 1 is 1.32 bits per heavy atom. The first-order chi connectivity index (χ1) is 14.1. The minimum absolute atomic E-state index is 0.0956. The van der Waals surface area contributed by atoms with Crippen molar-refractivity contribution in [2.75, 3.05) is 13.2 Å².